The fraction of sp³-hybridized carbons (Fsp3) is 0.364. The molecule has 1 aromatic rings. The first-order valence-electron chi connectivity index (χ1n) is 4.63. The molecule has 1 atom stereocenters. The number of carboxylic acids is 1. The van der Waals surface area contributed by atoms with Gasteiger partial charge in [0.25, 0.3) is 0 Å². The number of aliphatic carboxylic acids is 1. The Balaban J connectivity index is 2.57. The van der Waals surface area contributed by atoms with Gasteiger partial charge in [-0.05, 0) is 26.0 Å². The molecular weight excluding hydrogens is 210 g/mol. The summed E-state index contributed by atoms with van der Waals surface area (Å²) in [6.07, 6.45) is 0. The van der Waals surface area contributed by atoms with Crippen LogP contribution in [0.15, 0.2) is 29.2 Å². The topological polar surface area (TPSA) is 63.3 Å². The van der Waals surface area contributed by atoms with Crippen molar-refractivity contribution < 1.29 is 9.90 Å². The summed E-state index contributed by atoms with van der Waals surface area (Å²) in [5.74, 6) is -0.604. The van der Waals surface area contributed by atoms with E-state index in [0.717, 1.165) is 4.90 Å². The molecule has 82 valence electrons. The molecule has 0 aliphatic heterocycles. The van der Waals surface area contributed by atoms with E-state index in [1.807, 2.05) is 31.2 Å². The maximum atomic E-state index is 10.8. The average molecular weight is 225 g/mol. The van der Waals surface area contributed by atoms with Gasteiger partial charge in [-0.3, -0.25) is 4.79 Å². The minimum absolute atomic E-state index is 0.366. The number of benzene rings is 1. The third-order valence-corrected chi connectivity index (χ3v) is 3.40. The summed E-state index contributed by atoms with van der Waals surface area (Å²) in [6, 6.07) is 7.93. The minimum Gasteiger partial charge on any atom is -0.480 e. The van der Waals surface area contributed by atoms with Crippen LogP contribution < -0.4 is 5.73 Å². The number of nitrogens with two attached hydrogens (primary N) is 1. The highest BCUT2D eigenvalue weighted by molar-refractivity contribution is 7.99. The largest absolute Gasteiger partial charge is 0.480 e. The zero-order valence-electron chi connectivity index (χ0n) is 8.86. The normalized spacial score (nSPS) is 14.6. The second-order valence-corrected chi connectivity index (χ2v) is 4.87. The molecule has 1 rings (SSSR count). The van der Waals surface area contributed by atoms with Crippen LogP contribution in [0.5, 0.6) is 0 Å². The molecule has 0 bridgehead atoms. The molecule has 4 heteroatoms. The maximum absolute atomic E-state index is 10.8. The molecule has 0 aromatic heterocycles. The first kappa shape index (κ1) is 12.1. The summed E-state index contributed by atoms with van der Waals surface area (Å²) in [4.78, 5) is 11.8. The molecule has 0 aliphatic rings. The lowest BCUT2D eigenvalue weighted by molar-refractivity contribution is -0.141. The smallest absolute Gasteiger partial charge is 0.324 e. The monoisotopic (exact) mass is 225 g/mol. The van der Waals surface area contributed by atoms with Gasteiger partial charge in [0.2, 0.25) is 0 Å². The molecule has 3 N–H and O–H groups in total. The number of aryl methyl sites for hydroxylation is 1. The van der Waals surface area contributed by atoms with Crippen molar-refractivity contribution in [2.24, 2.45) is 5.73 Å². The lowest BCUT2D eigenvalue weighted by atomic mass is 10.1. The second-order valence-electron chi connectivity index (χ2n) is 3.82. The van der Waals surface area contributed by atoms with E-state index in [-0.39, 0.29) is 0 Å². The Morgan fingerprint density at radius 1 is 1.47 bits per heavy atom. The van der Waals surface area contributed by atoms with Crippen molar-refractivity contribution in [1.29, 1.82) is 0 Å². The van der Waals surface area contributed by atoms with Gasteiger partial charge < -0.3 is 10.8 Å². The van der Waals surface area contributed by atoms with E-state index < -0.39 is 11.5 Å². The number of carbonyl (C=O) groups is 1. The van der Waals surface area contributed by atoms with Gasteiger partial charge >= 0.3 is 5.97 Å². The van der Waals surface area contributed by atoms with Crippen LogP contribution in [-0.2, 0) is 4.79 Å². The van der Waals surface area contributed by atoms with Gasteiger partial charge in [-0.1, -0.05) is 17.7 Å². The van der Waals surface area contributed by atoms with E-state index in [2.05, 4.69) is 0 Å². The summed E-state index contributed by atoms with van der Waals surface area (Å²) >= 11 is 1.46. The third kappa shape index (κ3) is 3.57. The zero-order valence-corrected chi connectivity index (χ0v) is 9.67. The third-order valence-electron chi connectivity index (χ3n) is 2.05. The SMILES string of the molecule is Cc1ccc(SCC(C)(N)C(=O)O)cc1. The molecule has 0 saturated carbocycles. The molecular formula is C11H15NO2S. The highest BCUT2D eigenvalue weighted by Crippen LogP contribution is 2.21. The molecule has 0 heterocycles. The van der Waals surface area contributed by atoms with E-state index in [1.54, 1.807) is 0 Å². The molecule has 0 amide bonds. The summed E-state index contributed by atoms with van der Waals surface area (Å²) < 4.78 is 0. The number of carboxylic acid groups (broad SMARTS) is 1. The van der Waals surface area contributed by atoms with Crippen molar-refractivity contribution in [3.05, 3.63) is 29.8 Å². The van der Waals surface area contributed by atoms with Crippen LogP contribution in [0, 0.1) is 6.92 Å². The maximum Gasteiger partial charge on any atom is 0.324 e. The van der Waals surface area contributed by atoms with Crippen LogP contribution in [0.3, 0.4) is 0 Å². The van der Waals surface area contributed by atoms with E-state index in [1.165, 1.54) is 24.2 Å². The van der Waals surface area contributed by atoms with Crippen molar-refractivity contribution in [3.63, 3.8) is 0 Å². The Labute approximate surface area is 93.7 Å². The summed E-state index contributed by atoms with van der Waals surface area (Å²) in [7, 11) is 0. The van der Waals surface area contributed by atoms with E-state index in [9.17, 15) is 4.79 Å². The van der Waals surface area contributed by atoms with E-state index in [4.69, 9.17) is 10.8 Å². The fourth-order valence-corrected chi connectivity index (χ4v) is 1.85. The molecule has 3 nitrogen and oxygen atoms in total. The van der Waals surface area contributed by atoms with Gasteiger partial charge in [0.15, 0.2) is 0 Å². The molecule has 1 aromatic carbocycles. The molecule has 0 spiro atoms. The average Bonchev–Trinajstić information content (AvgIpc) is 2.17. The number of hydrogen-bond acceptors (Lipinski definition) is 3. The lowest BCUT2D eigenvalue weighted by Crippen LogP contribution is -2.47. The van der Waals surface area contributed by atoms with Crippen LogP contribution >= 0.6 is 11.8 Å². The summed E-state index contributed by atoms with van der Waals surface area (Å²) in [5, 5.41) is 8.83. The highest BCUT2D eigenvalue weighted by Gasteiger charge is 2.27. The van der Waals surface area contributed by atoms with Gasteiger partial charge in [0, 0.05) is 10.6 Å². The quantitative estimate of drug-likeness (QED) is 0.768. The van der Waals surface area contributed by atoms with Crippen LogP contribution in [0.25, 0.3) is 0 Å². The molecule has 0 saturated heterocycles. The second kappa shape index (κ2) is 4.68. The Morgan fingerprint density at radius 3 is 2.47 bits per heavy atom. The predicted molar refractivity (Wildman–Crippen MR) is 62.1 cm³/mol. The molecule has 0 fully saturated rings. The Bertz CT molecular complexity index is 346. The van der Waals surface area contributed by atoms with Crippen molar-refractivity contribution in [1.82, 2.24) is 0 Å². The van der Waals surface area contributed by atoms with Crippen molar-refractivity contribution >= 4 is 17.7 Å². The standard InChI is InChI=1S/C11H15NO2S/c1-8-3-5-9(6-4-8)15-7-11(2,12)10(13)14/h3-6H,7,12H2,1-2H3,(H,13,14). The van der Waals surface area contributed by atoms with Gasteiger partial charge in [0.05, 0.1) is 0 Å². The van der Waals surface area contributed by atoms with E-state index >= 15 is 0 Å². The van der Waals surface area contributed by atoms with Gasteiger partial charge in [0.1, 0.15) is 5.54 Å². The van der Waals surface area contributed by atoms with Gasteiger partial charge in [-0.25, -0.2) is 0 Å². The number of thioether (sulfide) groups is 1. The summed E-state index contributed by atoms with van der Waals surface area (Å²) in [5.41, 5.74) is 5.63. The van der Waals surface area contributed by atoms with E-state index in [0.29, 0.717) is 5.75 Å². The van der Waals surface area contributed by atoms with Crippen LogP contribution in [-0.4, -0.2) is 22.4 Å². The van der Waals surface area contributed by atoms with Crippen LogP contribution in [0.2, 0.25) is 0 Å². The van der Waals surface area contributed by atoms with Crippen molar-refractivity contribution in [2.45, 2.75) is 24.3 Å². The lowest BCUT2D eigenvalue weighted by Gasteiger charge is -2.18. The van der Waals surface area contributed by atoms with Gasteiger partial charge in [-0.2, -0.15) is 0 Å². The Kier molecular flexibility index (Phi) is 3.77. The Hall–Kier alpha value is -1.00. The fourth-order valence-electron chi connectivity index (χ4n) is 0.929. The molecule has 0 radical (unpaired) electrons. The predicted octanol–water partition coefficient (Wildman–Crippen LogP) is 1.89. The van der Waals surface area contributed by atoms with Crippen LogP contribution in [0.1, 0.15) is 12.5 Å². The molecule has 0 aliphatic carbocycles. The molecule has 15 heavy (non-hydrogen) atoms. The number of rotatable bonds is 4. The zero-order chi connectivity index (χ0) is 11.5. The van der Waals surface area contributed by atoms with Crippen molar-refractivity contribution in [3.8, 4) is 0 Å². The molecule has 1 unspecified atom stereocenters. The van der Waals surface area contributed by atoms with Crippen LogP contribution in [0.4, 0.5) is 0 Å². The Morgan fingerprint density at radius 2 is 2.00 bits per heavy atom. The van der Waals surface area contributed by atoms with Gasteiger partial charge in [-0.15, -0.1) is 11.8 Å². The highest BCUT2D eigenvalue weighted by atomic mass is 32.2. The van der Waals surface area contributed by atoms with Crippen molar-refractivity contribution in [2.75, 3.05) is 5.75 Å². The number of hydrogen-bond donors (Lipinski definition) is 2. The first-order valence-corrected chi connectivity index (χ1v) is 5.62. The summed E-state index contributed by atoms with van der Waals surface area (Å²) in [6.45, 7) is 3.54. The first-order chi connectivity index (χ1) is 6.92. The minimum atomic E-state index is -1.17.